The van der Waals surface area contributed by atoms with Crippen molar-refractivity contribution in [2.75, 3.05) is 0 Å². The molecule has 2 aromatic heterocycles. The predicted molar refractivity (Wildman–Crippen MR) is 103 cm³/mol. The highest BCUT2D eigenvalue weighted by molar-refractivity contribution is 7.80. The first-order chi connectivity index (χ1) is 12.6. The van der Waals surface area contributed by atoms with E-state index in [1.54, 1.807) is 13.1 Å². The van der Waals surface area contributed by atoms with Crippen LogP contribution in [0.2, 0.25) is 0 Å². The molecule has 0 aromatic carbocycles. The second kappa shape index (κ2) is 8.49. The SMILES string of the molecule is CC(=O)CCCCCC(S)NC(=O)c1n[nH]c2c1CCc1ccncc1-2. The van der Waals surface area contributed by atoms with Crippen molar-refractivity contribution in [3.8, 4) is 11.3 Å². The molecule has 2 aromatic rings. The Morgan fingerprint density at radius 1 is 1.31 bits per heavy atom. The zero-order valence-electron chi connectivity index (χ0n) is 14.9. The van der Waals surface area contributed by atoms with Gasteiger partial charge in [0.25, 0.3) is 5.91 Å². The summed E-state index contributed by atoms with van der Waals surface area (Å²) in [6.07, 6.45) is 9.45. The molecule has 6 nitrogen and oxygen atoms in total. The normalized spacial score (nSPS) is 13.6. The summed E-state index contributed by atoms with van der Waals surface area (Å²) in [5.41, 5.74) is 4.54. The van der Waals surface area contributed by atoms with E-state index in [4.69, 9.17) is 0 Å². The molecule has 1 unspecified atom stereocenters. The molecule has 2 N–H and O–H groups in total. The zero-order chi connectivity index (χ0) is 18.5. The maximum absolute atomic E-state index is 12.6. The number of nitrogens with zero attached hydrogens (tertiary/aromatic N) is 2. The van der Waals surface area contributed by atoms with Crippen LogP contribution < -0.4 is 5.32 Å². The van der Waals surface area contributed by atoms with Gasteiger partial charge in [0, 0.05) is 29.9 Å². The minimum atomic E-state index is -0.218. The number of fused-ring (bicyclic) bond motifs is 3. The lowest BCUT2D eigenvalue weighted by molar-refractivity contribution is -0.117. The number of rotatable bonds is 8. The fourth-order valence-electron chi connectivity index (χ4n) is 3.33. The maximum atomic E-state index is 12.6. The standard InChI is InChI=1S/C19H24N4O2S/c1-12(24)5-3-2-4-6-16(26)21-19(25)18-14-8-7-13-9-10-20-11-15(13)17(14)22-23-18/h9-11,16,26H,2-8H2,1H3,(H,21,25)(H,22,23). The van der Waals surface area contributed by atoms with Crippen LogP contribution >= 0.6 is 12.6 Å². The summed E-state index contributed by atoms with van der Waals surface area (Å²) in [5.74, 6) is 0.0272. The number of carbonyl (C=O) groups excluding carboxylic acids is 2. The summed E-state index contributed by atoms with van der Waals surface area (Å²) in [4.78, 5) is 27.7. The third-order valence-corrected chi connectivity index (χ3v) is 5.10. The highest BCUT2D eigenvalue weighted by Crippen LogP contribution is 2.32. The van der Waals surface area contributed by atoms with Crippen molar-refractivity contribution in [2.45, 2.75) is 57.2 Å². The van der Waals surface area contributed by atoms with E-state index in [2.05, 4.69) is 33.1 Å². The largest absolute Gasteiger partial charge is 0.339 e. The van der Waals surface area contributed by atoms with Crippen LogP contribution in [0.25, 0.3) is 11.3 Å². The van der Waals surface area contributed by atoms with E-state index >= 15 is 0 Å². The van der Waals surface area contributed by atoms with E-state index < -0.39 is 0 Å². The first-order valence-electron chi connectivity index (χ1n) is 9.05. The van der Waals surface area contributed by atoms with E-state index in [0.29, 0.717) is 12.1 Å². The number of Topliss-reactive ketones (excluding diaryl/α,β-unsaturated/α-hetero) is 1. The maximum Gasteiger partial charge on any atom is 0.272 e. The van der Waals surface area contributed by atoms with Gasteiger partial charge < -0.3 is 10.1 Å². The summed E-state index contributed by atoms with van der Waals surface area (Å²) in [6, 6.07) is 2.01. The van der Waals surface area contributed by atoms with Crippen molar-refractivity contribution in [1.82, 2.24) is 20.5 Å². The van der Waals surface area contributed by atoms with Crippen molar-refractivity contribution in [2.24, 2.45) is 0 Å². The number of pyridine rings is 1. The molecule has 1 aliphatic carbocycles. The van der Waals surface area contributed by atoms with Crippen molar-refractivity contribution < 1.29 is 9.59 Å². The van der Waals surface area contributed by atoms with Gasteiger partial charge in [-0.15, -0.1) is 0 Å². The Hall–Kier alpha value is -2.15. The number of hydrogen-bond acceptors (Lipinski definition) is 5. The number of H-pyrrole nitrogens is 1. The zero-order valence-corrected chi connectivity index (χ0v) is 15.8. The molecule has 0 bridgehead atoms. The Bertz CT molecular complexity index is 803. The smallest absolute Gasteiger partial charge is 0.272 e. The van der Waals surface area contributed by atoms with Crippen LogP contribution in [0.3, 0.4) is 0 Å². The molecule has 0 aliphatic heterocycles. The fourth-order valence-corrected chi connectivity index (χ4v) is 3.63. The Balaban J connectivity index is 1.57. The molecule has 3 rings (SSSR count). The number of amides is 1. The number of hydrogen-bond donors (Lipinski definition) is 3. The van der Waals surface area contributed by atoms with Gasteiger partial charge >= 0.3 is 0 Å². The lowest BCUT2D eigenvalue weighted by atomic mass is 9.90. The Morgan fingerprint density at radius 3 is 2.96 bits per heavy atom. The highest BCUT2D eigenvalue weighted by atomic mass is 32.1. The molecule has 26 heavy (non-hydrogen) atoms. The molecule has 138 valence electrons. The number of aromatic nitrogens is 3. The second-order valence-corrected chi connectivity index (χ2v) is 7.37. The quantitative estimate of drug-likeness (QED) is 0.377. The minimum Gasteiger partial charge on any atom is -0.339 e. The van der Waals surface area contributed by atoms with E-state index in [-0.39, 0.29) is 17.1 Å². The molecule has 1 aliphatic rings. The topological polar surface area (TPSA) is 87.7 Å². The van der Waals surface area contributed by atoms with Gasteiger partial charge in [0.1, 0.15) is 5.78 Å². The average molecular weight is 372 g/mol. The van der Waals surface area contributed by atoms with Crippen molar-refractivity contribution >= 4 is 24.3 Å². The van der Waals surface area contributed by atoms with Crippen LogP contribution in [0.4, 0.5) is 0 Å². The first kappa shape index (κ1) is 18.6. The third kappa shape index (κ3) is 4.33. The van der Waals surface area contributed by atoms with Crippen LogP contribution in [0, 0.1) is 0 Å². The number of unbranched alkanes of at least 4 members (excludes halogenated alkanes) is 2. The minimum absolute atomic E-state index is 0.196. The van der Waals surface area contributed by atoms with Gasteiger partial charge in [-0.2, -0.15) is 17.7 Å². The van der Waals surface area contributed by atoms with Gasteiger partial charge in [0.2, 0.25) is 0 Å². The molecule has 7 heteroatoms. The van der Waals surface area contributed by atoms with E-state index in [0.717, 1.165) is 55.3 Å². The van der Waals surface area contributed by atoms with Gasteiger partial charge in [0.05, 0.1) is 11.1 Å². The lowest BCUT2D eigenvalue weighted by Crippen LogP contribution is -2.32. The number of carbonyl (C=O) groups is 2. The first-order valence-corrected chi connectivity index (χ1v) is 9.56. The number of ketones is 1. The van der Waals surface area contributed by atoms with E-state index in [1.165, 1.54) is 5.56 Å². The Morgan fingerprint density at radius 2 is 2.15 bits per heavy atom. The predicted octanol–water partition coefficient (Wildman–Crippen LogP) is 3.10. The molecule has 0 fully saturated rings. The Labute approximate surface area is 158 Å². The summed E-state index contributed by atoms with van der Waals surface area (Å²) >= 11 is 4.47. The van der Waals surface area contributed by atoms with Crippen LogP contribution in [0.15, 0.2) is 18.5 Å². The van der Waals surface area contributed by atoms with E-state index in [9.17, 15) is 9.59 Å². The number of aromatic amines is 1. The fraction of sp³-hybridized carbons (Fsp3) is 0.474. The Kier molecular flexibility index (Phi) is 6.08. The average Bonchev–Trinajstić information content (AvgIpc) is 3.05. The van der Waals surface area contributed by atoms with Crippen molar-refractivity contribution in [3.63, 3.8) is 0 Å². The molecular formula is C19H24N4O2S. The lowest BCUT2D eigenvalue weighted by Gasteiger charge is -2.16. The molecule has 0 saturated carbocycles. The monoisotopic (exact) mass is 372 g/mol. The number of nitrogens with one attached hydrogen (secondary N) is 2. The van der Waals surface area contributed by atoms with Gasteiger partial charge in [-0.1, -0.05) is 12.8 Å². The molecule has 1 amide bonds. The van der Waals surface area contributed by atoms with Gasteiger partial charge in [-0.05, 0) is 44.2 Å². The van der Waals surface area contributed by atoms with Crippen LogP contribution in [0.1, 0.15) is 60.6 Å². The van der Waals surface area contributed by atoms with Gasteiger partial charge in [0.15, 0.2) is 5.69 Å². The van der Waals surface area contributed by atoms with Crippen LogP contribution in [0.5, 0.6) is 0 Å². The van der Waals surface area contributed by atoms with Crippen molar-refractivity contribution in [3.05, 3.63) is 35.3 Å². The van der Waals surface area contributed by atoms with Gasteiger partial charge in [-0.25, -0.2) is 0 Å². The molecule has 0 radical (unpaired) electrons. The van der Waals surface area contributed by atoms with Crippen LogP contribution in [-0.2, 0) is 17.6 Å². The summed E-state index contributed by atoms with van der Waals surface area (Å²) in [7, 11) is 0. The summed E-state index contributed by atoms with van der Waals surface area (Å²) in [5, 5.41) is 9.94. The summed E-state index contributed by atoms with van der Waals surface area (Å²) in [6.45, 7) is 1.61. The highest BCUT2D eigenvalue weighted by Gasteiger charge is 2.25. The van der Waals surface area contributed by atoms with Gasteiger partial charge in [-0.3, -0.25) is 14.9 Å². The summed E-state index contributed by atoms with van der Waals surface area (Å²) < 4.78 is 0. The number of thiol groups is 1. The number of aryl methyl sites for hydroxylation is 1. The second-order valence-electron chi connectivity index (χ2n) is 6.75. The molecule has 2 heterocycles. The van der Waals surface area contributed by atoms with Crippen molar-refractivity contribution in [1.29, 1.82) is 0 Å². The molecular weight excluding hydrogens is 348 g/mol. The third-order valence-electron chi connectivity index (χ3n) is 4.71. The van der Waals surface area contributed by atoms with Crippen LogP contribution in [-0.4, -0.2) is 32.2 Å². The van der Waals surface area contributed by atoms with E-state index in [1.807, 2.05) is 12.3 Å². The molecule has 0 saturated heterocycles. The molecule has 1 atom stereocenters. The molecule has 0 spiro atoms.